The third kappa shape index (κ3) is 2.36. The lowest BCUT2D eigenvalue weighted by molar-refractivity contribution is 0.104. The predicted molar refractivity (Wildman–Crippen MR) is 92.3 cm³/mol. The van der Waals surface area contributed by atoms with E-state index in [9.17, 15) is 4.79 Å². The van der Waals surface area contributed by atoms with Crippen LogP contribution in [0.15, 0.2) is 52.0 Å². The molecule has 108 valence electrons. The quantitative estimate of drug-likeness (QED) is 0.553. The number of halogens is 1. The lowest BCUT2D eigenvalue weighted by atomic mass is 9.83. The number of likely N-dealkylation sites (N-methyl/N-ethyl adjacent to an activating group) is 1. The summed E-state index contributed by atoms with van der Waals surface area (Å²) in [5, 5.41) is 0. The van der Waals surface area contributed by atoms with Gasteiger partial charge >= 0.3 is 0 Å². The Hall–Kier alpha value is -1.39. The van der Waals surface area contributed by atoms with Crippen molar-refractivity contribution in [1.82, 2.24) is 0 Å². The topological polar surface area (TPSA) is 20.3 Å². The number of para-hydroxylation sites is 1. The summed E-state index contributed by atoms with van der Waals surface area (Å²) >= 11 is 4.87. The van der Waals surface area contributed by atoms with Crippen LogP contribution >= 0.6 is 27.3 Å². The van der Waals surface area contributed by atoms with E-state index < -0.39 is 0 Å². The Morgan fingerprint density at radius 3 is 2.57 bits per heavy atom. The van der Waals surface area contributed by atoms with E-state index in [1.54, 1.807) is 6.08 Å². The molecule has 1 aromatic heterocycles. The van der Waals surface area contributed by atoms with E-state index in [1.165, 1.54) is 22.6 Å². The minimum Gasteiger partial charge on any atom is -0.347 e. The molecule has 2 nitrogen and oxygen atoms in total. The molecule has 1 aliphatic heterocycles. The first-order valence-corrected chi connectivity index (χ1v) is 8.37. The lowest BCUT2D eigenvalue weighted by Crippen LogP contribution is -2.24. The van der Waals surface area contributed by atoms with Crippen LogP contribution in [0.5, 0.6) is 0 Å². The van der Waals surface area contributed by atoms with Gasteiger partial charge in [-0.1, -0.05) is 32.0 Å². The van der Waals surface area contributed by atoms with Crippen molar-refractivity contribution >= 4 is 38.7 Å². The van der Waals surface area contributed by atoms with Gasteiger partial charge in [0.1, 0.15) is 0 Å². The van der Waals surface area contributed by atoms with E-state index >= 15 is 0 Å². The minimum atomic E-state index is -0.157. The van der Waals surface area contributed by atoms with Gasteiger partial charge in [0, 0.05) is 29.9 Å². The number of hydrogen-bond acceptors (Lipinski definition) is 3. The van der Waals surface area contributed by atoms with Gasteiger partial charge in [0.25, 0.3) is 0 Å². The van der Waals surface area contributed by atoms with Gasteiger partial charge in [0.05, 0.1) is 8.66 Å². The highest BCUT2D eigenvalue weighted by Crippen LogP contribution is 2.46. The molecule has 1 aliphatic rings. The van der Waals surface area contributed by atoms with Crippen molar-refractivity contribution in [3.8, 4) is 0 Å². The van der Waals surface area contributed by atoms with E-state index in [2.05, 4.69) is 52.9 Å². The number of fused-ring (bicyclic) bond motifs is 1. The molecule has 0 N–H and O–H groups in total. The lowest BCUT2D eigenvalue weighted by Gasteiger charge is -2.23. The van der Waals surface area contributed by atoms with Crippen LogP contribution in [-0.2, 0) is 5.41 Å². The van der Waals surface area contributed by atoms with E-state index in [0.29, 0.717) is 0 Å². The Kier molecular flexibility index (Phi) is 3.54. The standard InChI is InChI=1S/C17H16BrNOS/c1-17(2)11-6-4-5-7-12(11)19(3)15(17)10-13(20)14-8-9-16(18)21-14/h4-10H,1-3H3/b15-10+. The predicted octanol–water partition coefficient (Wildman–Crippen LogP) is 5.00. The van der Waals surface area contributed by atoms with Crippen LogP contribution in [0.3, 0.4) is 0 Å². The average Bonchev–Trinajstić information content (AvgIpc) is 2.96. The highest BCUT2D eigenvalue weighted by atomic mass is 79.9. The molecule has 0 saturated heterocycles. The van der Waals surface area contributed by atoms with Gasteiger partial charge in [0.15, 0.2) is 5.78 Å². The highest BCUT2D eigenvalue weighted by molar-refractivity contribution is 9.11. The summed E-state index contributed by atoms with van der Waals surface area (Å²) in [5.41, 5.74) is 3.32. The highest BCUT2D eigenvalue weighted by Gasteiger charge is 2.38. The van der Waals surface area contributed by atoms with Crippen LogP contribution in [0.1, 0.15) is 29.1 Å². The van der Waals surface area contributed by atoms with Crippen molar-refractivity contribution in [2.45, 2.75) is 19.3 Å². The number of benzene rings is 1. The minimum absolute atomic E-state index is 0.0634. The van der Waals surface area contributed by atoms with E-state index in [1.807, 2.05) is 25.2 Å². The molecule has 3 rings (SSSR count). The fourth-order valence-corrected chi connectivity index (χ4v) is 4.20. The van der Waals surface area contributed by atoms with Crippen LogP contribution in [0, 0.1) is 0 Å². The van der Waals surface area contributed by atoms with Crippen molar-refractivity contribution in [3.63, 3.8) is 0 Å². The molecule has 0 spiro atoms. The third-order valence-corrected chi connectivity index (χ3v) is 5.66. The monoisotopic (exact) mass is 361 g/mol. The Morgan fingerprint density at radius 2 is 1.95 bits per heavy atom. The van der Waals surface area contributed by atoms with Crippen LogP contribution in [0.25, 0.3) is 0 Å². The first-order valence-electron chi connectivity index (χ1n) is 6.76. The molecule has 2 aromatic rings. The zero-order valence-corrected chi connectivity index (χ0v) is 14.6. The van der Waals surface area contributed by atoms with Gasteiger partial charge in [-0.05, 0) is 39.7 Å². The first-order chi connectivity index (χ1) is 9.91. The molecular weight excluding hydrogens is 346 g/mol. The normalized spacial score (nSPS) is 18.1. The van der Waals surface area contributed by atoms with Crippen LogP contribution in [0.2, 0.25) is 0 Å². The molecule has 2 heterocycles. The summed E-state index contributed by atoms with van der Waals surface area (Å²) in [7, 11) is 2.02. The van der Waals surface area contributed by atoms with Crippen LogP contribution in [-0.4, -0.2) is 12.8 Å². The van der Waals surface area contributed by atoms with Crippen LogP contribution < -0.4 is 4.90 Å². The maximum Gasteiger partial charge on any atom is 0.197 e. The zero-order chi connectivity index (χ0) is 15.2. The molecule has 0 bridgehead atoms. The SMILES string of the molecule is CN1/C(=C/C(=O)c2ccc(Br)s2)C(C)(C)c2ccccc21. The molecule has 0 fully saturated rings. The number of carbonyl (C=O) groups is 1. The third-order valence-electron chi connectivity index (χ3n) is 4.02. The second-order valence-electron chi connectivity index (χ2n) is 5.70. The summed E-state index contributed by atoms with van der Waals surface area (Å²) in [6.07, 6.45) is 1.78. The van der Waals surface area contributed by atoms with Gasteiger partial charge < -0.3 is 4.90 Å². The summed E-state index contributed by atoms with van der Waals surface area (Å²) in [4.78, 5) is 15.4. The number of nitrogens with zero attached hydrogens (tertiary/aromatic N) is 1. The Bertz CT molecular complexity index is 745. The fraction of sp³-hybridized carbons (Fsp3) is 0.235. The number of ketones is 1. The van der Waals surface area contributed by atoms with Crippen molar-refractivity contribution in [2.24, 2.45) is 0 Å². The second-order valence-corrected chi connectivity index (χ2v) is 8.16. The molecule has 0 radical (unpaired) electrons. The molecule has 0 aliphatic carbocycles. The van der Waals surface area contributed by atoms with Crippen molar-refractivity contribution < 1.29 is 4.79 Å². The van der Waals surface area contributed by atoms with Crippen molar-refractivity contribution in [3.05, 3.63) is 62.4 Å². The number of hydrogen-bond donors (Lipinski definition) is 0. The molecule has 0 unspecified atom stereocenters. The van der Waals surface area contributed by atoms with Crippen molar-refractivity contribution in [1.29, 1.82) is 0 Å². The largest absolute Gasteiger partial charge is 0.347 e. The van der Waals surface area contributed by atoms with Gasteiger partial charge in [-0.3, -0.25) is 4.79 Å². The number of anilines is 1. The Labute approximate surface area is 137 Å². The Balaban J connectivity index is 2.04. The smallest absolute Gasteiger partial charge is 0.197 e. The first kappa shape index (κ1) is 14.5. The number of thiophene rings is 1. The summed E-state index contributed by atoms with van der Waals surface area (Å²) < 4.78 is 0.978. The van der Waals surface area contributed by atoms with Crippen molar-refractivity contribution in [2.75, 3.05) is 11.9 Å². The molecule has 0 amide bonds. The number of allylic oxidation sites excluding steroid dienone is 2. The summed E-state index contributed by atoms with van der Waals surface area (Å²) in [6, 6.07) is 12.1. The molecule has 4 heteroatoms. The molecule has 21 heavy (non-hydrogen) atoms. The maximum atomic E-state index is 12.5. The maximum absolute atomic E-state index is 12.5. The van der Waals surface area contributed by atoms with E-state index in [-0.39, 0.29) is 11.2 Å². The average molecular weight is 362 g/mol. The fourth-order valence-electron chi connectivity index (χ4n) is 2.90. The van der Waals surface area contributed by atoms with E-state index in [0.717, 1.165) is 14.4 Å². The van der Waals surface area contributed by atoms with Gasteiger partial charge in [-0.15, -0.1) is 11.3 Å². The van der Waals surface area contributed by atoms with Gasteiger partial charge in [-0.25, -0.2) is 0 Å². The van der Waals surface area contributed by atoms with Gasteiger partial charge in [0.2, 0.25) is 0 Å². The van der Waals surface area contributed by atoms with E-state index in [4.69, 9.17) is 0 Å². The number of rotatable bonds is 2. The molecular formula is C17H16BrNOS. The molecule has 1 aromatic carbocycles. The zero-order valence-electron chi connectivity index (χ0n) is 12.2. The summed E-state index contributed by atoms with van der Waals surface area (Å²) in [6.45, 7) is 4.33. The summed E-state index contributed by atoms with van der Waals surface area (Å²) in [5.74, 6) is 0.0634. The number of carbonyl (C=O) groups excluding carboxylic acids is 1. The second kappa shape index (κ2) is 5.11. The molecule has 0 atom stereocenters. The molecule has 0 saturated carbocycles. The van der Waals surface area contributed by atoms with Crippen LogP contribution in [0.4, 0.5) is 5.69 Å². The Morgan fingerprint density at radius 1 is 1.24 bits per heavy atom. The van der Waals surface area contributed by atoms with Gasteiger partial charge in [-0.2, -0.15) is 0 Å².